The molecule has 0 radical (unpaired) electrons. The fourth-order valence-electron chi connectivity index (χ4n) is 2.19. The molecule has 4 nitrogen and oxygen atoms in total. The van der Waals surface area contributed by atoms with Gasteiger partial charge in [0, 0.05) is 13.3 Å². The summed E-state index contributed by atoms with van der Waals surface area (Å²) in [6, 6.07) is 5.51. The van der Waals surface area contributed by atoms with E-state index in [2.05, 4.69) is 4.74 Å². The van der Waals surface area contributed by atoms with Gasteiger partial charge in [-0.05, 0) is 30.5 Å². The van der Waals surface area contributed by atoms with Crippen LogP contribution in [0.15, 0.2) is 24.3 Å². The van der Waals surface area contributed by atoms with Crippen molar-refractivity contribution < 1.29 is 32.2 Å². The third kappa shape index (κ3) is 4.93. The zero-order valence-electron chi connectivity index (χ0n) is 11.4. The lowest BCUT2D eigenvalue weighted by atomic mass is 10.0. The van der Waals surface area contributed by atoms with Crippen LogP contribution in [0.3, 0.4) is 0 Å². The van der Waals surface area contributed by atoms with Crippen LogP contribution in [0, 0.1) is 0 Å². The Morgan fingerprint density at radius 3 is 2.48 bits per heavy atom. The van der Waals surface area contributed by atoms with Gasteiger partial charge in [0.15, 0.2) is 0 Å². The van der Waals surface area contributed by atoms with Gasteiger partial charge in [0.1, 0.15) is 5.75 Å². The summed E-state index contributed by atoms with van der Waals surface area (Å²) in [6.45, 7) is 1.30. The predicted octanol–water partition coefficient (Wildman–Crippen LogP) is 3.72. The van der Waals surface area contributed by atoms with E-state index in [0.717, 1.165) is 18.4 Å². The lowest BCUT2D eigenvalue weighted by molar-refractivity contribution is -0.274. The minimum absolute atomic E-state index is 0.279. The monoisotopic (exact) mass is 304 g/mol. The van der Waals surface area contributed by atoms with Crippen molar-refractivity contribution in [1.82, 2.24) is 0 Å². The van der Waals surface area contributed by atoms with Gasteiger partial charge in [0.2, 0.25) is 6.29 Å². The first kappa shape index (κ1) is 15.6. The molecule has 0 N–H and O–H groups in total. The zero-order valence-corrected chi connectivity index (χ0v) is 11.4. The average molecular weight is 304 g/mol. The summed E-state index contributed by atoms with van der Waals surface area (Å²) in [7, 11) is 0. The molecule has 116 valence electrons. The second-order valence-electron chi connectivity index (χ2n) is 4.71. The Kier molecular flexibility index (Phi) is 4.72. The summed E-state index contributed by atoms with van der Waals surface area (Å²) >= 11 is 0. The van der Waals surface area contributed by atoms with Crippen LogP contribution in [0.4, 0.5) is 13.2 Å². The molecule has 21 heavy (non-hydrogen) atoms. The highest BCUT2D eigenvalue weighted by Gasteiger charge is 2.31. The molecular weight excluding hydrogens is 289 g/mol. The highest BCUT2D eigenvalue weighted by Crippen LogP contribution is 2.33. The SMILES string of the molecule is CC(=O)OC1CCCC(c2ccc(OC(F)(F)F)cc2)O1. The zero-order chi connectivity index (χ0) is 15.5. The van der Waals surface area contributed by atoms with Crippen LogP contribution in [0.2, 0.25) is 0 Å². The van der Waals surface area contributed by atoms with E-state index in [-0.39, 0.29) is 11.9 Å². The van der Waals surface area contributed by atoms with Crippen LogP contribution >= 0.6 is 0 Å². The number of carbonyl (C=O) groups is 1. The fraction of sp³-hybridized carbons (Fsp3) is 0.500. The molecule has 1 fully saturated rings. The number of benzene rings is 1. The molecule has 1 aliphatic heterocycles. The maximum absolute atomic E-state index is 12.1. The van der Waals surface area contributed by atoms with Crippen LogP contribution in [0.1, 0.15) is 37.9 Å². The number of rotatable bonds is 3. The Morgan fingerprint density at radius 1 is 1.24 bits per heavy atom. The van der Waals surface area contributed by atoms with E-state index in [1.807, 2.05) is 0 Å². The molecule has 7 heteroatoms. The summed E-state index contributed by atoms with van der Waals surface area (Å²) in [6.07, 6.45) is -3.47. The minimum atomic E-state index is -4.71. The molecule has 0 bridgehead atoms. The molecule has 2 unspecified atom stereocenters. The topological polar surface area (TPSA) is 44.8 Å². The van der Waals surface area contributed by atoms with Crippen molar-refractivity contribution in [2.24, 2.45) is 0 Å². The average Bonchev–Trinajstić information content (AvgIpc) is 2.37. The fourth-order valence-corrected chi connectivity index (χ4v) is 2.19. The van der Waals surface area contributed by atoms with Gasteiger partial charge in [-0.1, -0.05) is 12.1 Å². The van der Waals surface area contributed by atoms with E-state index in [4.69, 9.17) is 9.47 Å². The molecule has 1 aromatic carbocycles. The number of carbonyl (C=O) groups excluding carboxylic acids is 1. The molecule has 2 rings (SSSR count). The number of hydrogen-bond acceptors (Lipinski definition) is 4. The number of hydrogen-bond donors (Lipinski definition) is 0. The Bertz CT molecular complexity index is 484. The minimum Gasteiger partial charge on any atom is -0.436 e. The lowest BCUT2D eigenvalue weighted by Crippen LogP contribution is -2.26. The summed E-state index contributed by atoms with van der Waals surface area (Å²) in [5, 5.41) is 0. The Balaban J connectivity index is 1.99. The van der Waals surface area contributed by atoms with E-state index in [1.165, 1.54) is 31.2 Å². The van der Waals surface area contributed by atoms with Crippen molar-refractivity contribution >= 4 is 5.97 Å². The normalized spacial score (nSPS) is 22.7. The summed E-state index contributed by atoms with van der Waals surface area (Å²) < 4.78 is 50.6. The quantitative estimate of drug-likeness (QED) is 0.798. The van der Waals surface area contributed by atoms with Crippen molar-refractivity contribution in [3.63, 3.8) is 0 Å². The first-order valence-electron chi connectivity index (χ1n) is 6.52. The van der Waals surface area contributed by atoms with E-state index in [1.54, 1.807) is 0 Å². The maximum Gasteiger partial charge on any atom is 0.573 e. The molecular formula is C14H15F3O4. The van der Waals surface area contributed by atoms with E-state index < -0.39 is 18.6 Å². The van der Waals surface area contributed by atoms with Crippen molar-refractivity contribution in [2.45, 2.75) is 44.9 Å². The van der Waals surface area contributed by atoms with Gasteiger partial charge in [0.25, 0.3) is 0 Å². The van der Waals surface area contributed by atoms with Crippen molar-refractivity contribution in [2.75, 3.05) is 0 Å². The molecule has 0 aromatic heterocycles. The number of halogens is 3. The van der Waals surface area contributed by atoms with Crippen molar-refractivity contribution in [3.05, 3.63) is 29.8 Å². The molecule has 0 aliphatic carbocycles. The summed E-state index contributed by atoms with van der Waals surface area (Å²) in [4.78, 5) is 10.9. The molecule has 1 aromatic rings. The second-order valence-corrected chi connectivity index (χ2v) is 4.71. The van der Waals surface area contributed by atoms with Gasteiger partial charge < -0.3 is 14.2 Å². The molecule has 0 saturated carbocycles. The number of ether oxygens (including phenoxy) is 3. The van der Waals surface area contributed by atoms with Crippen LogP contribution in [-0.2, 0) is 14.3 Å². The number of esters is 1. The molecule has 1 saturated heterocycles. The van der Waals surface area contributed by atoms with Gasteiger partial charge in [-0.25, -0.2) is 0 Å². The number of alkyl halides is 3. The first-order valence-corrected chi connectivity index (χ1v) is 6.52. The van der Waals surface area contributed by atoms with Gasteiger partial charge in [-0.3, -0.25) is 4.79 Å². The van der Waals surface area contributed by atoms with E-state index in [0.29, 0.717) is 6.42 Å². The summed E-state index contributed by atoms with van der Waals surface area (Å²) in [5.74, 6) is -0.701. The van der Waals surface area contributed by atoms with Crippen molar-refractivity contribution in [1.29, 1.82) is 0 Å². The lowest BCUT2D eigenvalue weighted by Gasteiger charge is -2.29. The Hall–Kier alpha value is -1.76. The van der Waals surface area contributed by atoms with Crippen LogP contribution in [-0.4, -0.2) is 18.6 Å². The van der Waals surface area contributed by atoms with E-state index in [9.17, 15) is 18.0 Å². The van der Waals surface area contributed by atoms with Gasteiger partial charge in [-0.2, -0.15) is 0 Å². The van der Waals surface area contributed by atoms with E-state index >= 15 is 0 Å². The summed E-state index contributed by atoms with van der Waals surface area (Å²) in [5.41, 5.74) is 0.723. The second kappa shape index (κ2) is 6.34. The standard InChI is InChI=1S/C14H15F3O4/c1-9(18)19-13-4-2-3-12(20-13)10-5-7-11(8-6-10)21-14(15,16)17/h5-8,12-13H,2-4H2,1H3. The van der Waals surface area contributed by atoms with Crippen LogP contribution in [0.5, 0.6) is 5.75 Å². The van der Waals surface area contributed by atoms with Crippen LogP contribution < -0.4 is 4.74 Å². The highest BCUT2D eigenvalue weighted by molar-refractivity contribution is 5.66. The van der Waals surface area contributed by atoms with Crippen molar-refractivity contribution in [3.8, 4) is 5.75 Å². The molecule has 2 atom stereocenters. The highest BCUT2D eigenvalue weighted by atomic mass is 19.4. The molecule has 1 heterocycles. The smallest absolute Gasteiger partial charge is 0.436 e. The first-order chi connectivity index (χ1) is 9.83. The van der Waals surface area contributed by atoms with Gasteiger partial charge in [0.05, 0.1) is 6.10 Å². The Labute approximate surface area is 119 Å². The van der Waals surface area contributed by atoms with Crippen LogP contribution in [0.25, 0.3) is 0 Å². The molecule has 0 amide bonds. The van der Waals surface area contributed by atoms with Gasteiger partial charge >= 0.3 is 12.3 Å². The predicted molar refractivity (Wildman–Crippen MR) is 66.4 cm³/mol. The third-order valence-corrected chi connectivity index (χ3v) is 3.01. The molecule has 1 aliphatic rings. The Morgan fingerprint density at radius 2 is 1.90 bits per heavy atom. The molecule has 0 spiro atoms. The maximum atomic E-state index is 12.1. The largest absolute Gasteiger partial charge is 0.573 e. The van der Waals surface area contributed by atoms with Gasteiger partial charge in [-0.15, -0.1) is 13.2 Å². The third-order valence-electron chi connectivity index (χ3n) is 3.01.